The summed E-state index contributed by atoms with van der Waals surface area (Å²) in [6.07, 6.45) is 5.61. The minimum Gasteiger partial charge on any atom is -0.481 e. The Balaban J connectivity index is 0.00000256. The van der Waals surface area contributed by atoms with Gasteiger partial charge in [0.05, 0.1) is 6.61 Å². The van der Waals surface area contributed by atoms with Crippen LogP contribution < -0.4 is 10.5 Å². The molecule has 0 fully saturated rings. The largest absolute Gasteiger partial charge is 0.481 e. The van der Waals surface area contributed by atoms with Gasteiger partial charge in [-0.2, -0.15) is 0 Å². The second-order valence-electron chi connectivity index (χ2n) is 3.39. The van der Waals surface area contributed by atoms with E-state index in [0.29, 0.717) is 17.2 Å². The van der Waals surface area contributed by atoms with Crippen LogP contribution in [0.2, 0.25) is 5.02 Å². The Morgan fingerprint density at radius 2 is 2.24 bits per heavy atom. The maximum absolute atomic E-state index is 8.90. The molecule has 3 N–H and O–H groups in total. The third kappa shape index (κ3) is 5.29. The maximum atomic E-state index is 8.90. The highest BCUT2D eigenvalue weighted by atomic mass is 35.5. The number of hydrogen-bond donors (Lipinski definition) is 2. The second kappa shape index (κ2) is 8.21. The first-order valence-corrected chi connectivity index (χ1v) is 5.26. The van der Waals surface area contributed by atoms with Gasteiger partial charge in [0.1, 0.15) is 12.4 Å². The molecule has 5 heteroatoms. The predicted molar refractivity (Wildman–Crippen MR) is 71.8 cm³/mol. The Bertz CT molecular complexity index is 391. The molecule has 1 aromatic rings. The highest BCUT2D eigenvalue weighted by Crippen LogP contribution is 2.23. The summed E-state index contributed by atoms with van der Waals surface area (Å²) in [5.41, 5.74) is 6.51. The molecule has 0 saturated carbocycles. The molecular formula is C12H15Cl2NO2. The molecule has 0 heterocycles. The Labute approximate surface area is 112 Å². The normalized spacial score (nSPS) is 11.2. The van der Waals surface area contributed by atoms with Crippen LogP contribution in [0.15, 0.2) is 18.2 Å². The van der Waals surface area contributed by atoms with E-state index >= 15 is 0 Å². The van der Waals surface area contributed by atoms with Gasteiger partial charge in [-0.15, -0.1) is 18.8 Å². The van der Waals surface area contributed by atoms with Crippen LogP contribution in [0.3, 0.4) is 0 Å². The van der Waals surface area contributed by atoms with Crippen LogP contribution in [0.1, 0.15) is 5.56 Å². The fourth-order valence-electron chi connectivity index (χ4n) is 1.31. The summed E-state index contributed by atoms with van der Waals surface area (Å²) < 4.78 is 5.35. The Morgan fingerprint density at radius 1 is 1.53 bits per heavy atom. The van der Waals surface area contributed by atoms with Gasteiger partial charge >= 0.3 is 0 Å². The summed E-state index contributed by atoms with van der Waals surface area (Å²) >= 11 is 5.88. The zero-order valence-electron chi connectivity index (χ0n) is 9.23. The van der Waals surface area contributed by atoms with Gasteiger partial charge in [-0.25, -0.2) is 0 Å². The Hall–Kier alpha value is -0.920. The number of aliphatic hydroxyl groups excluding tert-OH is 1. The van der Waals surface area contributed by atoms with E-state index in [1.165, 1.54) is 0 Å². The number of ether oxygens (including phenoxy) is 1. The smallest absolute Gasteiger partial charge is 0.148 e. The van der Waals surface area contributed by atoms with Gasteiger partial charge in [-0.05, 0) is 30.2 Å². The number of halogens is 2. The molecule has 0 amide bonds. The van der Waals surface area contributed by atoms with E-state index in [-0.39, 0.29) is 31.7 Å². The molecule has 1 unspecified atom stereocenters. The molecule has 1 rings (SSSR count). The van der Waals surface area contributed by atoms with Crippen molar-refractivity contribution < 1.29 is 9.84 Å². The van der Waals surface area contributed by atoms with Crippen molar-refractivity contribution in [1.29, 1.82) is 0 Å². The van der Waals surface area contributed by atoms with Crippen molar-refractivity contribution in [2.75, 3.05) is 13.2 Å². The zero-order valence-corrected chi connectivity index (χ0v) is 10.8. The van der Waals surface area contributed by atoms with Crippen molar-refractivity contribution in [2.24, 2.45) is 5.73 Å². The predicted octanol–water partition coefficient (Wildman–Crippen LogP) is 1.64. The fraction of sp³-hybridized carbons (Fsp3) is 0.333. The maximum Gasteiger partial charge on any atom is 0.148 e. The minimum atomic E-state index is -0.327. The first kappa shape index (κ1) is 16.1. The molecule has 94 valence electrons. The first-order valence-electron chi connectivity index (χ1n) is 4.88. The van der Waals surface area contributed by atoms with Gasteiger partial charge in [0, 0.05) is 11.1 Å². The molecule has 0 radical (unpaired) electrons. The lowest BCUT2D eigenvalue weighted by Crippen LogP contribution is -2.27. The van der Waals surface area contributed by atoms with Crippen molar-refractivity contribution >= 4 is 24.0 Å². The van der Waals surface area contributed by atoms with Crippen molar-refractivity contribution in [3.8, 4) is 18.1 Å². The number of terminal acetylenes is 1. The molecule has 1 atom stereocenters. The van der Waals surface area contributed by atoms with Gasteiger partial charge in [0.15, 0.2) is 0 Å². The number of benzene rings is 1. The Kier molecular flexibility index (Phi) is 7.77. The summed E-state index contributed by atoms with van der Waals surface area (Å²) in [5.74, 6) is 3.05. The zero-order chi connectivity index (χ0) is 12.0. The average Bonchev–Trinajstić information content (AvgIpc) is 2.28. The van der Waals surface area contributed by atoms with E-state index in [0.717, 1.165) is 5.56 Å². The van der Waals surface area contributed by atoms with E-state index in [9.17, 15) is 0 Å². The molecular weight excluding hydrogens is 261 g/mol. The molecule has 0 saturated heterocycles. The summed E-state index contributed by atoms with van der Waals surface area (Å²) in [6, 6.07) is 4.91. The van der Waals surface area contributed by atoms with Crippen molar-refractivity contribution in [3.05, 3.63) is 28.8 Å². The van der Waals surface area contributed by atoms with Gasteiger partial charge < -0.3 is 15.6 Å². The third-order valence-corrected chi connectivity index (χ3v) is 2.29. The number of rotatable bonds is 5. The standard InChI is InChI=1S/C12H14ClNO2.ClH/c1-2-5-16-12-4-3-10(13)6-9(12)7-11(14)8-15;/h1,3-4,6,11,15H,5,7-8,14H2;1H. The van der Waals surface area contributed by atoms with Crippen molar-refractivity contribution in [1.82, 2.24) is 0 Å². The van der Waals surface area contributed by atoms with Crippen LogP contribution in [0.5, 0.6) is 5.75 Å². The molecule has 3 nitrogen and oxygen atoms in total. The number of nitrogens with two attached hydrogens (primary N) is 1. The van der Waals surface area contributed by atoms with E-state index in [1.807, 2.05) is 0 Å². The van der Waals surface area contributed by atoms with Gasteiger partial charge in [0.2, 0.25) is 0 Å². The monoisotopic (exact) mass is 275 g/mol. The van der Waals surface area contributed by atoms with Gasteiger partial charge in [-0.1, -0.05) is 17.5 Å². The van der Waals surface area contributed by atoms with Crippen LogP contribution >= 0.6 is 24.0 Å². The van der Waals surface area contributed by atoms with Crippen LogP contribution in [-0.2, 0) is 6.42 Å². The molecule has 0 aliphatic carbocycles. The topological polar surface area (TPSA) is 55.5 Å². The third-order valence-electron chi connectivity index (χ3n) is 2.05. The Morgan fingerprint density at radius 3 is 2.82 bits per heavy atom. The van der Waals surface area contributed by atoms with Crippen LogP contribution in [0, 0.1) is 12.3 Å². The van der Waals surface area contributed by atoms with Crippen LogP contribution in [-0.4, -0.2) is 24.4 Å². The number of aliphatic hydroxyl groups is 1. The van der Waals surface area contributed by atoms with Crippen LogP contribution in [0.25, 0.3) is 0 Å². The van der Waals surface area contributed by atoms with E-state index in [4.69, 9.17) is 33.6 Å². The number of hydrogen-bond acceptors (Lipinski definition) is 3. The highest BCUT2D eigenvalue weighted by Gasteiger charge is 2.09. The molecule has 0 aliphatic heterocycles. The summed E-state index contributed by atoms with van der Waals surface area (Å²) in [5, 5.41) is 9.51. The van der Waals surface area contributed by atoms with Gasteiger partial charge in [-0.3, -0.25) is 0 Å². The summed E-state index contributed by atoms with van der Waals surface area (Å²) in [7, 11) is 0. The lowest BCUT2D eigenvalue weighted by atomic mass is 10.1. The molecule has 17 heavy (non-hydrogen) atoms. The van der Waals surface area contributed by atoms with Crippen molar-refractivity contribution in [3.63, 3.8) is 0 Å². The van der Waals surface area contributed by atoms with E-state index < -0.39 is 0 Å². The lowest BCUT2D eigenvalue weighted by Gasteiger charge is -2.13. The molecule has 1 aromatic carbocycles. The highest BCUT2D eigenvalue weighted by molar-refractivity contribution is 6.30. The average molecular weight is 276 g/mol. The van der Waals surface area contributed by atoms with E-state index in [2.05, 4.69) is 5.92 Å². The van der Waals surface area contributed by atoms with Crippen molar-refractivity contribution in [2.45, 2.75) is 12.5 Å². The first-order chi connectivity index (χ1) is 7.67. The van der Waals surface area contributed by atoms with Crippen LogP contribution in [0.4, 0.5) is 0 Å². The fourth-order valence-corrected chi connectivity index (χ4v) is 1.51. The minimum absolute atomic E-state index is 0. The molecule has 0 bridgehead atoms. The SMILES string of the molecule is C#CCOc1ccc(Cl)cc1CC(N)CO.Cl. The molecule has 0 spiro atoms. The van der Waals surface area contributed by atoms with E-state index in [1.54, 1.807) is 18.2 Å². The summed E-state index contributed by atoms with van der Waals surface area (Å²) in [6.45, 7) is 0.115. The molecule has 0 aromatic heterocycles. The lowest BCUT2D eigenvalue weighted by molar-refractivity contribution is 0.264. The quantitative estimate of drug-likeness (QED) is 0.804. The summed E-state index contributed by atoms with van der Waals surface area (Å²) in [4.78, 5) is 0. The second-order valence-corrected chi connectivity index (χ2v) is 3.83. The van der Waals surface area contributed by atoms with Gasteiger partial charge in [0.25, 0.3) is 0 Å². The molecule has 0 aliphatic rings.